The van der Waals surface area contributed by atoms with Gasteiger partial charge in [-0.1, -0.05) is 17.7 Å². The van der Waals surface area contributed by atoms with E-state index in [-0.39, 0.29) is 5.02 Å². The van der Waals surface area contributed by atoms with Gasteiger partial charge < -0.3 is 15.2 Å². The second-order valence-electron chi connectivity index (χ2n) is 3.26. The molecule has 0 aliphatic rings. The SMILES string of the molecule is COC(=O)C(C(=O)OC)c1ccc(N)c(Cl)c1. The van der Waals surface area contributed by atoms with Gasteiger partial charge in [-0.2, -0.15) is 0 Å². The van der Waals surface area contributed by atoms with Gasteiger partial charge in [0, 0.05) is 0 Å². The van der Waals surface area contributed by atoms with Crippen LogP contribution in [0.25, 0.3) is 0 Å². The summed E-state index contributed by atoms with van der Waals surface area (Å²) in [5.74, 6) is -2.57. The van der Waals surface area contributed by atoms with E-state index in [0.717, 1.165) is 0 Å². The van der Waals surface area contributed by atoms with Crippen LogP contribution in [0, 0.1) is 0 Å². The number of carbonyl (C=O) groups excluding carboxylic acids is 2. The van der Waals surface area contributed by atoms with Crippen LogP contribution in [-0.4, -0.2) is 26.2 Å². The fourth-order valence-electron chi connectivity index (χ4n) is 1.33. The number of esters is 2. The predicted molar refractivity (Wildman–Crippen MR) is 62.6 cm³/mol. The van der Waals surface area contributed by atoms with Crippen molar-refractivity contribution >= 4 is 29.2 Å². The first-order chi connectivity index (χ1) is 8.01. The van der Waals surface area contributed by atoms with Crippen LogP contribution in [0.2, 0.25) is 5.02 Å². The third-order valence-electron chi connectivity index (χ3n) is 2.23. The number of ether oxygens (including phenoxy) is 2. The lowest BCUT2D eigenvalue weighted by Crippen LogP contribution is -2.24. The second kappa shape index (κ2) is 5.54. The van der Waals surface area contributed by atoms with Gasteiger partial charge >= 0.3 is 11.9 Å². The minimum atomic E-state index is -1.15. The highest BCUT2D eigenvalue weighted by molar-refractivity contribution is 6.33. The van der Waals surface area contributed by atoms with Gasteiger partial charge in [-0.15, -0.1) is 0 Å². The number of nitrogen functional groups attached to an aromatic ring is 1. The van der Waals surface area contributed by atoms with E-state index in [0.29, 0.717) is 11.3 Å². The van der Waals surface area contributed by atoms with Crippen LogP contribution >= 0.6 is 11.6 Å². The van der Waals surface area contributed by atoms with Crippen molar-refractivity contribution in [3.8, 4) is 0 Å². The highest BCUT2D eigenvalue weighted by atomic mass is 35.5. The van der Waals surface area contributed by atoms with Crippen LogP contribution in [0.4, 0.5) is 5.69 Å². The molecule has 1 aromatic carbocycles. The summed E-state index contributed by atoms with van der Waals surface area (Å²) in [5, 5.41) is 0.264. The van der Waals surface area contributed by atoms with Gasteiger partial charge in [0.05, 0.1) is 24.9 Å². The lowest BCUT2D eigenvalue weighted by atomic mass is 9.99. The number of halogens is 1. The number of nitrogens with two attached hydrogens (primary N) is 1. The molecule has 5 nitrogen and oxygen atoms in total. The average molecular weight is 258 g/mol. The van der Waals surface area contributed by atoms with Crippen molar-refractivity contribution < 1.29 is 19.1 Å². The number of methoxy groups -OCH3 is 2. The molecule has 0 aromatic heterocycles. The molecule has 17 heavy (non-hydrogen) atoms. The zero-order valence-electron chi connectivity index (χ0n) is 9.40. The van der Waals surface area contributed by atoms with Gasteiger partial charge in [0.15, 0.2) is 5.92 Å². The molecule has 0 saturated carbocycles. The molecule has 0 radical (unpaired) electrons. The lowest BCUT2D eigenvalue weighted by molar-refractivity contribution is -0.154. The van der Waals surface area contributed by atoms with Crippen molar-refractivity contribution in [2.75, 3.05) is 20.0 Å². The van der Waals surface area contributed by atoms with Crippen LogP contribution in [0.1, 0.15) is 11.5 Å². The number of rotatable bonds is 3. The summed E-state index contributed by atoms with van der Waals surface area (Å²) in [6.45, 7) is 0. The van der Waals surface area contributed by atoms with E-state index in [1.54, 1.807) is 0 Å². The quantitative estimate of drug-likeness (QED) is 0.502. The predicted octanol–water partition coefficient (Wildman–Crippen LogP) is 1.35. The van der Waals surface area contributed by atoms with Gasteiger partial charge in [0.1, 0.15) is 0 Å². The maximum absolute atomic E-state index is 11.5. The molecule has 0 aliphatic heterocycles. The van der Waals surface area contributed by atoms with Crippen molar-refractivity contribution in [2.24, 2.45) is 0 Å². The number of hydrogen-bond donors (Lipinski definition) is 1. The summed E-state index contributed by atoms with van der Waals surface area (Å²) in [5.41, 5.74) is 6.28. The average Bonchev–Trinajstić information content (AvgIpc) is 2.33. The van der Waals surface area contributed by atoms with Crippen molar-refractivity contribution in [3.63, 3.8) is 0 Å². The Morgan fingerprint density at radius 3 is 2.18 bits per heavy atom. The fraction of sp³-hybridized carbons (Fsp3) is 0.273. The molecular formula is C11H12ClNO4. The van der Waals surface area contributed by atoms with E-state index >= 15 is 0 Å². The lowest BCUT2D eigenvalue weighted by Gasteiger charge is -2.13. The van der Waals surface area contributed by atoms with Crippen molar-refractivity contribution in [1.29, 1.82) is 0 Å². The van der Waals surface area contributed by atoms with Crippen molar-refractivity contribution in [1.82, 2.24) is 0 Å². The van der Waals surface area contributed by atoms with Gasteiger partial charge in [-0.05, 0) is 17.7 Å². The molecule has 0 fully saturated rings. The molecule has 0 atom stereocenters. The Balaban J connectivity index is 3.17. The third kappa shape index (κ3) is 2.88. The molecular weight excluding hydrogens is 246 g/mol. The first-order valence-electron chi connectivity index (χ1n) is 4.71. The molecule has 0 heterocycles. The minimum absolute atomic E-state index is 0.264. The Bertz CT molecular complexity index is 431. The highest BCUT2D eigenvalue weighted by Crippen LogP contribution is 2.26. The molecule has 1 rings (SSSR count). The van der Waals surface area contributed by atoms with Gasteiger partial charge in [-0.25, -0.2) is 0 Å². The maximum atomic E-state index is 11.5. The van der Waals surface area contributed by atoms with Crippen LogP contribution in [0.3, 0.4) is 0 Å². The molecule has 0 unspecified atom stereocenters. The summed E-state index contributed by atoms with van der Waals surface area (Å²) in [4.78, 5) is 23.0. The zero-order valence-corrected chi connectivity index (χ0v) is 10.2. The Labute approximate surface area is 103 Å². The van der Waals surface area contributed by atoms with E-state index in [4.69, 9.17) is 17.3 Å². The van der Waals surface area contributed by atoms with Crippen molar-refractivity contribution in [2.45, 2.75) is 5.92 Å². The van der Waals surface area contributed by atoms with E-state index in [1.165, 1.54) is 32.4 Å². The van der Waals surface area contributed by atoms with Crippen LogP contribution in [0.5, 0.6) is 0 Å². The number of anilines is 1. The Kier molecular flexibility index (Phi) is 4.34. The summed E-state index contributed by atoms with van der Waals surface area (Å²) in [6.07, 6.45) is 0. The molecule has 0 spiro atoms. The smallest absolute Gasteiger partial charge is 0.324 e. The summed E-state index contributed by atoms with van der Waals surface area (Å²) in [7, 11) is 2.38. The Hall–Kier alpha value is -1.75. The first kappa shape index (κ1) is 13.3. The molecule has 0 aliphatic carbocycles. The topological polar surface area (TPSA) is 78.6 Å². The molecule has 0 amide bonds. The third-order valence-corrected chi connectivity index (χ3v) is 2.56. The van der Waals surface area contributed by atoms with E-state index in [2.05, 4.69) is 9.47 Å². The van der Waals surface area contributed by atoms with E-state index in [1.807, 2.05) is 0 Å². The first-order valence-corrected chi connectivity index (χ1v) is 5.09. The number of carbonyl (C=O) groups is 2. The van der Waals surface area contributed by atoms with Crippen LogP contribution in [0.15, 0.2) is 18.2 Å². The molecule has 2 N–H and O–H groups in total. The van der Waals surface area contributed by atoms with Crippen LogP contribution < -0.4 is 5.73 Å². The largest absolute Gasteiger partial charge is 0.468 e. The van der Waals surface area contributed by atoms with Crippen molar-refractivity contribution in [3.05, 3.63) is 28.8 Å². The zero-order chi connectivity index (χ0) is 13.0. The standard InChI is InChI=1S/C11H12ClNO4/c1-16-10(14)9(11(15)17-2)6-3-4-8(13)7(12)5-6/h3-5,9H,13H2,1-2H3. The molecule has 0 saturated heterocycles. The van der Waals surface area contributed by atoms with Gasteiger partial charge in [0.25, 0.3) is 0 Å². The summed E-state index contributed by atoms with van der Waals surface area (Å²) >= 11 is 5.82. The molecule has 0 bridgehead atoms. The fourth-order valence-corrected chi connectivity index (χ4v) is 1.52. The normalized spacial score (nSPS) is 10.1. The maximum Gasteiger partial charge on any atom is 0.324 e. The van der Waals surface area contributed by atoms with Gasteiger partial charge in [-0.3, -0.25) is 9.59 Å². The minimum Gasteiger partial charge on any atom is -0.468 e. The van der Waals surface area contributed by atoms with Gasteiger partial charge in [0.2, 0.25) is 0 Å². The Morgan fingerprint density at radius 1 is 1.24 bits per heavy atom. The monoisotopic (exact) mass is 257 g/mol. The Morgan fingerprint density at radius 2 is 1.76 bits per heavy atom. The summed E-state index contributed by atoms with van der Waals surface area (Å²) in [6, 6.07) is 4.48. The summed E-state index contributed by atoms with van der Waals surface area (Å²) < 4.78 is 9.09. The molecule has 6 heteroatoms. The van der Waals surface area contributed by atoms with Crippen LogP contribution in [-0.2, 0) is 19.1 Å². The molecule has 92 valence electrons. The van der Waals surface area contributed by atoms with E-state index in [9.17, 15) is 9.59 Å². The number of hydrogen-bond acceptors (Lipinski definition) is 5. The second-order valence-corrected chi connectivity index (χ2v) is 3.67. The number of benzene rings is 1. The molecule has 1 aromatic rings. The highest BCUT2D eigenvalue weighted by Gasteiger charge is 2.30. The van der Waals surface area contributed by atoms with E-state index < -0.39 is 17.9 Å².